The topological polar surface area (TPSA) is 50.7 Å². The number of thioether (sulfide) groups is 1. The van der Waals surface area contributed by atoms with Gasteiger partial charge in [0.2, 0.25) is 0 Å². The van der Waals surface area contributed by atoms with Crippen molar-refractivity contribution in [2.24, 2.45) is 5.10 Å². The summed E-state index contributed by atoms with van der Waals surface area (Å²) in [6, 6.07) is 37.5. The van der Waals surface area contributed by atoms with Crippen molar-refractivity contribution in [1.82, 2.24) is 5.43 Å². The minimum atomic E-state index is -0.256. The number of halogens is 1. The molecule has 1 amide bonds. The SMILES string of the molecule is O=C(N/N=C/c1ccc(OCc2ccc3ccccc3c2)cc1)c1ccc(CSc2ccc(Cl)cc2)cc1. The Morgan fingerprint density at radius 3 is 2.29 bits per heavy atom. The van der Waals surface area contributed by atoms with Gasteiger partial charge in [-0.05, 0) is 94.2 Å². The van der Waals surface area contributed by atoms with Gasteiger partial charge in [-0.3, -0.25) is 4.79 Å². The van der Waals surface area contributed by atoms with Crippen LogP contribution in [0.25, 0.3) is 10.8 Å². The van der Waals surface area contributed by atoms with E-state index in [2.05, 4.69) is 40.9 Å². The van der Waals surface area contributed by atoms with Crippen LogP contribution in [0, 0.1) is 0 Å². The van der Waals surface area contributed by atoms with Crippen molar-refractivity contribution in [3.8, 4) is 5.75 Å². The highest BCUT2D eigenvalue weighted by Crippen LogP contribution is 2.24. The number of amides is 1. The maximum atomic E-state index is 12.5. The van der Waals surface area contributed by atoms with Crippen LogP contribution in [0.2, 0.25) is 5.02 Å². The lowest BCUT2D eigenvalue weighted by atomic mass is 10.1. The van der Waals surface area contributed by atoms with E-state index < -0.39 is 0 Å². The third kappa shape index (κ3) is 7.03. The molecule has 188 valence electrons. The minimum absolute atomic E-state index is 0.256. The molecule has 0 saturated carbocycles. The van der Waals surface area contributed by atoms with Crippen LogP contribution in [-0.2, 0) is 12.4 Å². The molecule has 4 nitrogen and oxygen atoms in total. The molecular formula is C32H25ClN2O2S. The first-order valence-electron chi connectivity index (χ1n) is 12.1. The fourth-order valence-corrected chi connectivity index (χ4v) is 4.81. The Hall–Kier alpha value is -4.06. The summed E-state index contributed by atoms with van der Waals surface area (Å²) in [7, 11) is 0. The van der Waals surface area contributed by atoms with Crippen LogP contribution >= 0.6 is 23.4 Å². The van der Waals surface area contributed by atoms with E-state index >= 15 is 0 Å². The highest BCUT2D eigenvalue weighted by molar-refractivity contribution is 7.98. The number of hydrogen-bond acceptors (Lipinski definition) is 4. The van der Waals surface area contributed by atoms with Crippen LogP contribution in [-0.4, -0.2) is 12.1 Å². The lowest BCUT2D eigenvalue weighted by Gasteiger charge is -2.08. The van der Waals surface area contributed by atoms with E-state index in [1.165, 1.54) is 10.8 Å². The highest BCUT2D eigenvalue weighted by atomic mass is 35.5. The van der Waals surface area contributed by atoms with E-state index in [-0.39, 0.29) is 5.91 Å². The number of benzene rings is 5. The number of carbonyl (C=O) groups is 1. The zero-order valence-electron chi connectivity index (χ0n) is 20.5. The standard InChI is InChI=1S/C32H25ClN2O2S/c33-29-13-17-31(18-14-29)38-22-24-5-11-27(12-6-24)32(36)35-34-20-23-8-15-30(16-9-23)37-21-25-7-10-26-3-1-2-4-28(26)19-25/h1-20H,21-22H2,(H,35,36)/b34-20+. The van der Waals surface area contributed by atoms with Gasteiger partial charge in [-0.25, -0.2) is 5.43 Å². The molecule has 0 atom stereocenters. The molecule has 1 N–H and O–H groups in total. The molecule has 5 aromatic carbocycles. The fourth-order valence-electron chi connectivity index (χ4n) is 3.83. The van der Waals surface area contributed by atoms with Crippen molar-refractivity contribution >= 4 is 46.3 Å². The van der Waals surface area contributed by atoms with Gasteiger partial charge >= 0.3 is 0 Å². The summed E-state index contributed by atoms with van der Waals surface area (Å²) in [6.07, 6.45) is 1.61. The molecule has 0 radical (unpaired) electrons. The number of fused-ring (bicyclic) bond motifs is 1. The lowest BCUT2D eigenvalue weighted by molar-refractivity contribution is 0.0955. The van der Waals surface area contributed by atoms with Crippen molar-refractivity contribution in [2.75, 3.05) is 0 Å². The maximum Gasteiger partial charge on any atom is 0.271 e. The molecule has 0 aliphatic heterocycles. The summed E-state index contributed by atoms with van der Waals surface area (Å²) in [5, 5.41) is 7.24. The molecule has 5 aromatic rings. The van der Waals surface area contributed by atoms with Gasteiger partial charge in [-0.15, -0.1) is 11.8 Å². The Kier molecular flexibility index (Phi) is 8.39. The fraction of sp³-hybridized carbons (Fsp3) is 0.0625. The van der Waals surface area contributed by atoms with Crippen LogP contribution in [0.3, 0.4) is 0 Å². The Morgan fingerprint density at radius 1 is 0.816 bits per heavy atom. The van der Waals surface area contributed by atoms with Gasteiger partial charge in [0.15, 0.2) is 0 Å². The van der Waals surface area contributed by atoms with Gasteiger partial charge in [0.25, 0.3) is 5.91 Å². The van der Waals surface area contributed by atoms with Crippen LogP contribution in [0.5, 0.6) is 5.75 Å². The van der Waals surface area contributed by atoms with Crippen LogP contribution < -0.4 is 10.2 Å². The summed E-state index contributed by atoms with van der Waals surface area (Å²) >= 11 is 7.65. The first kappa shape index (κ1) is 25.6. The molecule has 0 fully saturated rings. The molecule has 0 unspecified atom stereocenters. The number of carbonyl (C=O) groups excluding carboxylic acids is 1. The van der Waals surface area contributed by atoms with Gasteiger partial charge in [-0.2, -0.15) is 5.10 Å². The first-order valence-corrected chi connectivity index (χ1v) is 13.5. The maximum absolute atomic E-state index is 12.5. The number of nitrogens with one attached hydrogen (secondary N) is 1. The van der Waals surface area contributed by atoms with Crippen molar-refractivity contribution in [3.63, 3.8) is 0 Å². The van der Waals surface area contributed by atoms with Crippen molar-refractivity contribution < 1.29 is 9.53 Å². The van der Waals surface area contributed by atoms with E-state index in [0.717, 1.165) is 38.1 Å². The van der Waals surface area contributed by atoms with Gasteiger partial charge in [0, 0.05) is 21.2 Å². The summed E-state index contributed by atoms with van der Waals surface area (Å²) in [5.74, 6) is 1.33. The smallest absolute Gasteiger partial charge is 0.271 e. The predicted molar refractivity (Wildman–Crippen MR) is 157 cm³/mol. The van der Waals surface area contributed by atoms with Crippen molar-refractivity contribution in [1.29, 1.82) is 0 Å². The zero-order valence-corrected chi connectivity index (χ0v) is 22.1. The molecule has 5 rings (SSSR count). The third-order valence-electron chi connectivity index (χ3n) is 5.91. The molecule has 0 bridgehead atoms. The Labute approximate surface area is 231 Å². The van der Waals surface area contributed by atoms with Crippen molar-refractivity contribution in [2.45, 2.75) is 17.3 Å². The third-order valence-corrected chi connectivity index (χ3v) is 7.25. The Morgan fingerprint density at radius 2 is 1.53 bits per heavy atom. The number of ether oxygens (including phenoxy) is 1. The van der Waals surface area contributed by atoms with Crippen molar-refractivity contribution in [3.05, 3.63) is 143 Å². The summed E-state index contributed by atoms with van der Waals surface area (Å²) in [5.41, 5.74) is 6.25. The van der Waals surface area contributed by atoms with Gasteiger partial charge in [0.05, 0.1) is 6.21 Å². The van der Waals surface area contributed by atoms with Crippen LogP contribution in [0.4, 0.5) is 0 Å². The molecule has 0 aliphatic carbocycles. The first-order chi connectivity index (χ1) is 18.6. The summed E-state index contributed by atoms with van der Waals surface area (Å²) in [6.45, 7) is 0.493. The zero-order chi connectivity index (χ0) is 26.2. The Balaban J connectivity index is 1.08. The van der Waals surface area contributed by atoms with E-state index in [4.69, 9.17) is 16.3 Å². The molecule has 0 saturated heterocycles. The van der Waals surface area contributed by atoms with E-state index in [9.17, 15) is 4.79 Å². The largest absolute Gasteiger partial charge is 0.489 e. The minimum Gasteiger partial charge on any atom is -0.489 e. The van der Waals surface area contributed by atoms with E-state index in [0.29, 0.717) is 12.2 Å². The van der Waals surface area contributed by atoms with Crippen LogP contribution in [0.1, 0.15) is 27.0 Å². The number of rotatable bonds is 9. The second-order valence-electron chi connectivity index (χ2n) is 8.68. The normalized spacial score (nSPS) is 11.1. The summed E-state index contributed by atoms with van der Waals surface area (Å²) < 4.78 is 5.93. The molecule has 0 heterocycles. The number of hydrogen-bond donors (Lipinski definition) is 1. The second-order valence-corrected chi connectivity index (χ2v) is 10.2. The van der Waals surface area contributed by atoms with E-state index in [1.54, 1.807) is 18.0 Å². The van der Waals surface area contributed by atoms with Crippen LogP contribution in [0.15, 0.2) is 125 Å². The Bertz CT molecular complexity index is 1550. The van der Waals surface area contributed by atoms with Gasteiger partial charge in [-0.1, -0.05) is 60.1 Å². The molecule has 0 aromatic heterocycles. The van der Waals surface area contributed by atoms with Gasteiger partial charge in [0.1, 0.15) is 12.4 Å². The average molecular weight is 537 g/mol. The molecule has 0 spiro atoms. The quantitative estimate of drug-likeness (QED) is 0.117. The average Bonchev–Trinajstić information content (AvgIpc) is 2.96. The van der Waals surface area contributed by atoms with Gasteiger partial charge < -0.3 is 4.74 Å². The number of nitrogens with zero attached hydrogens (tertiary/aromatic N) is 1. The number of hydrazone groups is 1. The molecule has 38 heavy (non-hydrogen) atoms. The molecule has 6 heteroatoms. The predicted octanol–water partition coefficient (Wildman–Crippen LogP) is 8.13. The molecular weight excluding hydrogens is 512 g/mol. The molecule has 0 aliphatic rings. The lowest BCUT2D eigenvalue weighted by Crippen LogP contribution is -2.17. The van der Waals surface area contributed by atoms with E-state index in [1.807, 2.05) is 84.9 Å². The highest BCUT2D eigenvalue weighted by Gasteiger charge is 2.05. The monoisotopic (exact) mass is 536 g/mol. The summed E-state index contributed by atoms with van der Waals surface area (Å²) in [4.78, 5) is 13.6. The second kappa shape index (κ2) is 12.5.